The Morgan fingerprint density at radius 3 is 2.94 bits per heavy atom. The van der Waals surface area contributed by atoms with Crippen molar-refractivity contribution in [2.45, 2.75) is 51.7 Å². The number of fused-ring (bicyclic) bond motifs is 2. The molecule has 3 aliphatic rings. The summed E-state index contributed by atoms with van der Waals surface area (Å²) in [5.74, 6) is -1.32. The van der Waals surface area contributed by atoms with E-state index in [4.69, 9.17) is 4.74 Å². The third-order valence-corrected chi connectivity index (χ3v) is 5.12. The van der Waals surface area contributed by atoms with Crippen LogP contribution >= 0.6 is 0 Å². The van der Waals surface area contributed by atoms with Crippen molar-refractivity contribution in [2.24, 2.45) is 11.3 Å². The van der Waals surface area contributed by atoms with Crippen LogP contribution in [0.3, 0.4) is 0 Å². The monoisotopic (exact) mass is 248 g/mol. The van der Waals surface area contributed by atoms with Gasteiger partial charge in [-0.2, -0.15) is 0 Å². The van der Waals surface area contributed by atoms with Gasteiger partial charge in [0.2, 0.25) is 5.79 Å². The average molecular weight is 248 g/mol. The van der Waals surface area contributed by atoms with E-state index in [9.17, 15) is 9.90 Å². The summed E-state index contributed by atoms with van der Waals surface area (Å²) in [4.78, 5) is 11.7. The van der Waals surface area contributed by atoms with Gasteiger partial charge in [0.1, 0.15) is 0 Å². The molecule has 0 aromatic heterocycles. The van der Waals surface area contributed by atoms with E-state index in [1.54, 1.807) is 6.92 Å². The van der Waals surface area contributed by atoms with Crippen molar-refractivity contribution in [3.05, 3.63) is 23.3 Å². The van der Waals surface area contributed by atoms with Crippen LogP contribution in [0, 0.1) is 11.3 Å². The van der Waals surface area contributed by atoms with Crippen LogP contribution in [0.5, 0.6) is 0 Å². The number of hydrogen-bond donors (Lipinski definition) is 1. The summed E-state index contributed by atoms with van der Waals surface area (Å²) in [6, 6.07) is 0. The first kappa shape index (κ1) is 12.0. The largest absolute Gasteiger partial charge is 0.426 e. The lowest BCUT2D eigenvalue weighted by Gasteiger charge is -2.50. The lowest BCUT2D eigenvalue weighted by Crippen LogP contribution is -2.48. The number of carbonyl (C=O) groups excluding carboxylic acids is 1. The van der Waals surface area contributed by atoms with Gasteiger partial charge in [0, 0.05) is 17.6 Å². The minimum atomic E-state index is -1.34. The first-order chi connectivity index (χ1) is 8.36. The Balaban J connectivity index is 2.04. The number of hydrogen-bond acceptors (Lipinski definition) is 3. The van der Waals surface area contributed by atoms with Gasteiger partial charge in [0.15, 0.2) is 0 Å². The van der Waals surface area contributed by atoms with Gasteiger partial charge in [0.25, 0.3) is 0 Å². The third-order valence-electron chi connectivity index (χ3n) is 5.12. The fourth-order valence-electron chi connectivity index (χ4n) is 4.08. The van der Waals surface area contributed by atoms with Crippen LogP contribution in [0.15, 0.2) is 23.3 Å². The van der Waals surface area contributed by atoms with Crippen LogP contribution in [0.2, 0.25) is 0 Å². The minimum absolute atomic E-state index is 0.0124. The Morgan fingerprint density at radius 2 is 2.22 bits per heavy atom. The van der Waals surface area contributed by atoms with Crippen molar-refractivity contribution in [3.8, 4) is 0 Å². The van der Waals surface area contributed by atoms with E-state index in [1.807, 2.05) is 0 Å². The zero-order chi connectivity index (χ0) is 13.1. The van der Waals surface area contributed by atoms with Crippen molar-refractivity contribution in [2.75, 3.05) is 0 Å². The molecule has 98 valence electrons. The van der Waals surface area contributed by atoms with Gasteiger partial charge in [-0.3, -0.25) is 0 Å². The van der Waals surface area contributed by atoms with E-state index < -0.39 is 5.79 Å². The summed E-state index contributed by atoms with van der Waals surface area (Å²) in [5, 5.41) is 10.6. The van der Waals surface area contributed by atoms with Crippen molar-refractivity contribution < 1.29 is 14.6 Å². The lowest BCUT2D eigenvalue weighted by molar-refractivity contribution is -0.203. The molecular formula is C15H20O3. The predicted molar refractivity (Wildman–Crippen MR) is 67.6 cm³/mol. The number of allylic oxidation sites excluding steroid dienone is 1. The Kier molecular flexibility index (Phi) is 2.31. The molecule has 0 radical (unpaired) electrons. The Hall–Kier alpha value is -1.09. The molecule has 2 fully saturated rings. The van der Waals surface area contributed by atoms with Crippen LogP contribution in [-0.4, -0.2) is 16.9 Å². The molecule has 0 aromatic rings. The second kappa shape index (κ2) is 3.47. The summed E-state index contributed by atoms with van der Waals surface area (Å²) in [6.07, 6.45) is 4.50. The van der Waals surface area contributed by atoms with Crippen molar-refractivity contribution in [3.63, 3.8) is 0 Å². The predicted octanol–water partition coefficient (Wildman–Crippen LogP) is 2.70. The second-order valence-electron chi connectivity index (χ2n) is 6.38. The molecule has 2 saturated carbocycles. The maximum atomic E-state index is 11.7. The fourth-order valence-corrected chi connectivity index (χ4v) is 4.08. The number of rotatable bonds is 0. The molecule has 0 amide bonds. The van der Waals surface area contributed by atoms with Crippen LogP contribution in [0.25, 0.3) is 0 Å². The lowest BCUT2D eigenvalue weighted by atomic mass is 9.56. The van der Waals surface area contributed by atoms with Crippen molar-refractivity contribution >= 4 is 5.97 Å². The van der Waals surface area contributed by atoms with Crippen LogP contribution in [-0.2, 0) is 9.53 Å². The maximum absolute atomic E-state index is 11.7. The van der Waals surface area contributed by atoms with Gasteiger partial charge in [-0.15, -0.1) is 0 Å². The number of esters is 1. The molecule has 18 heavy (non-hydrogen) atoms. The molecule has 3 rings (SSSR count). The van der Waals surface area contributed by atoms with Crippen molar-refractivity contribution in [1.82, 2.24) is 0 Å². The van der Waals surface area contributed by atoms with Gasteiger partial charge >= 0.3 is 5.97 Å². The molecule has 0 spiro atoms. The first-order valence-corrected chi connectivity index (χ1v) is 6.69. The molecular weight excluding hydrogens is 228 g/mol. The van der Waals surface area contributed by atoms with E-state index in [-0.39, 0.29) is 11.4 Å². The normalized spacial score (nSPS) is 43.6. The van der Waals surface area contributed by atoms with Crippen LogP contribution in [0.1, 0.15) is 46.0 Å². The molecule has 0 bridgehead atoms. The highest BCUT2D eigenvalue weighted by Gasteiger charge is 2.56. The van der Waals surface area contributed by atoms with E-state index >= 15 is 0 Å². The van der Waals surface area contributed by atoms with Crippen LogP contribution in [0.4, 0.5) is 0 Å². The molecule has 2 aliphatic carbocycles. The van der Waals surface area contributed by atoms with Crippen LogP contribution < -0.4 is 0 Å². The number of aliphatic hydroxyl groups is 1. The molecule has 0 saturated heterocycles. The summed E-state index contributed by atoms with van der Waals surface area (Å²) >= 11 is 0. The zero-order valence-electron chi connectivity index (χ0n) is 11.1. The second-order valence-corrected chi connectivity index (χ2v) is 6.38. The van der Waals surface area contributed by atoms with Gasteiger partial charge in [-0.25, -0.2) is 4.79 Å². The van der Waals surface area contributed by atoms with Gasteiger partial charge in [-0.1, -0.05) is 19.1 Å². The van der Waals surface area contributed by atoms with E-state index in [2.05, 4.69) is 13.5 Å². The zero-order valence-corrected chi connectivity index (χ0v) is 11.1. The smallest absolute Gasteiger partial charge is 0.336 e. The Bertz CT molecular complexity index is 476. The summed E-state index contributed by atoms with van der Waals surface area (Å²) in [6.45, 7) is 8.14. The summed E-state index contributed by atoms with van der Waals surface area (Å²) < 4.78 is 5.23. The highest BCUT2D eigenvalue weighted by Crippen LogP contribution is 2.58. The molecule has 1 aliphatic heterocycles. The number of carbonyl (C=O) groups is 1. The van der Waals surface area contributed by atoms with Gasteiger partial charge in [-0.05, 0) is 43.9 Å². The van der Waals surface area contributed by atoms with Crippen molar-refractivity contribution in [1.29, 1.82) is 0 Å². The standard InChI is InChI=1S/C15H20O3/c1-9-5-4-6-14(3)8-15(17)12(7-11(9)14)10(2)13(16)18-15/h11,17H,1,4-8H2,2-3H3/t11?,14-,15?/m1/s1. The molecule has 2 unspecified atom stereocenters. The van der Waals surface area contributed by atoms with E-state index in [1.165, 1.54) is 5.57 Å². The highest BCUT2D eigenvalue weighted by atomic mass is 16.7. The van der Waals surface area contributed by atoms with E-state index in [0.717, 1.165) is 31.3 Å². The molecule has 1 heterocycles. The molecule has 1 N–H and O–H groups in total. The topological polar surface area (TPSA) is 46.5 Å². The summed E-state index contributed by atoms with van der Waals surface area (Å²) in [7, 11) is 0. The quantitative estimate of drug-likeness (QED) is 0.529. The van der Waals surface area contributed by atoms with E-state index in [0.29, 0.717) is 17.9 Å². The minimum Gasteiger partial charge on any atom is -0.426 e. The summed E-state index contributed by atoms with van der Waals surface area (Å²) in [5.41, 5.74) is 2.67. The van der Waals surface area contributed by atoms with Gasteiger partial charge < -0.3 is 9.84 Å². The average Bonchev–Trinajstić information content (AvgIpc) is 2.46. The molecule has 0 aromatic carbocycles. The van der Waals surface area contributed by atoms with Gasteiger partial charge in [0.05, 0.1) is 0 Å². The first-order valence-electron chi connectivity index (χ1n) is 6.69. The Morgan fingerprint density at radius 1 is 1.50 bits per heavy atom. The highest BCUT2D eigenvalue weighted by molar-refractivity contribution is 5.92. The third kappa shape index (κ3) is 1.43. The number of ether oxygens (including phenoxy) is 1. The molecule has 3 nitrogen and oxygen atoms in total. The Labute approximate surface area is 108 Å². The fraction of sp³-hybridized carbons (Fsp3) is 0.667. The molecule has 3 heteroatoms. The SMILES string of the molecule is C=C1CCC[C@]2(C)CC3(O)OC(=O)C(C)=C3CC12. The maximum Gasteiger partial charge on any atom is 0.336 e. The molecule has 3 atom stereocenters.